The minimum absolute atomic E-state index is 0.0694. The molecule has 0 unspecified atom stereocenters. The smallest absolute Gasteiger partial charge is 0.335 e. The summed E-state index contributed by atoms with van der Waals surface area (Å²) in [6.45, 7) is 7.88. The first-order valence-corrected chi connectivity index (χ1v) is 11.4. The van der Waals surface area contributed by atoms with Gasteiger partial charge in [-0.3, -0.25) is 9.59 Å². The van der Waals surface area contributed by atoms with Crippen LogP contribution in [0.3, 0.4) is 0 Å². The Kier molecular flexibility index (Phi) is 8.20. The summed E-state index contributed by atoms with van der Waals surface area (Å²) in [4.78, 5) is 36.0. The van der Waals surface area contributed by atoms with Crippen LogP contribution in [0.2, 0.25) is 0 Å². The van der Waals surface area contributed by atoms with Crippen molar-refractivity contribution in [2.24, 2.45) is 0 Å². The number of aromatic carboxylic acids is 1. The van der Waals surface area contributed by atoms with E-state index in [0.717, 1.165) is 5.56 Å². The Hall–Kier alpha value is -3.92. The summed E-state index contributed by atoms with van der Waals surface area (Å²) >= 11 is 1.20. The van der Waals surface area contributed by atoms with Gasteiger partial charge in [-0.05, 0) is 49.7 Å². The molecule has 176 valence electrons. The number of carbonyl (C=O) groups is 3. The molecule has 0 aliphatic heterocycles. The molecule has 0 saturated carbocycles. The van der Waals surface area contributed by atoms with Crippen molar-refractivity contribution >= 4 is 35.2 Å². The Morgan fingerprint density at radius 2 is 1.85 bits per heavy atom. The highest BCUT2D eigenvalue weighted by Crippen LogP contribution is 2.22. The Labute approximate surface area is 201 Å². The fourth-order valence-corrected chi connectivity index (χ4v) is 3.97. The first-order valence-electron chi connectivity index (χ1n) is 10.5. The number of hydrogen-bond acceptors (Lipinski definition) is 6. The van der Waals surface area contributed by atoms with Crippen molar-refractivity contribution in [1.29, 1.82) is 0 Å². The standard InChI is InChI=1S/C24H25N5O4S/c1-4-13-29-21(16(3)25-22(31)19-8-6-5-7-15(19)2)27-28-24(29)34-14-20(30)26-18-11-9-17(10-12-18)23(32)33/h4-12,16H,1,13-14H2,2-3H3,(H,25,31)(H,26,30)(H,32,33)/t16-/m1/s1. The number of nitrogens with zero attached hydrogens (tertiary/aromatic N) is 3. The van der Waals surface area contributed by atoms with Gasteiger partial charge in [0, 0.05) is 17.8 Å². The van der Waals surface area contributed by atoms with Gasteiger partial charge in [0.25, 0.3) is 5.91 Å². The van der Waals surface area contributed by atoms with Crippen molar-refractivity contribution in [3.63, 3.8) is 0 Å². The number of carboxylic acid groups (broad SMARTS) is 1. The van der Waals surface area contributed by atoms with E-state index in [1.807, 2.05) is 32.0 Å². The molecule has 1 aromatic heterocycles. The molecule has 1 atom stereocenters. The summed E-state index contributed by atoms with van der Waals surface area (Å²) in [6.07, 6.45) is 1.69. The molecule has 34 heavy (non-hydrogen) atoms. The lowest BCUT2D eigenvalue weighted by atomic mass is 10.1. The van der Waals surface area contributed by atoms with Crippen molar-refractivity contribution in [3.8, 4) is 0 Å². The number of aryl methyl sites for hydroxylation is 1. The molecule has 0 saturated heterocycles. The van der Waals surface area contributed by atoms with Gasteiger partial charge in [-0.2, -0.15) is 0 Å². The number of aromatic nitrogens is 3. The van der Waals surface area contributed by atoms with E-state index in [0.29, 0.717) is 28.8 Å². The van der Waals surface area contributed by atoms with Gasteiger partial charge in [0.15, 0.2) is 11.0 Å². The van der Waals surface area contributed by atoms with Crippen molar-refractivity contribution in [2.45, 2.75) is 31.6 Å². The number of nitrogens with one attached hydrogen (secondary N) is 2. The molecule has 0 aliphatic rings. The lowest BCUT2D eigenvalue weighted by Gasteiger charge is -2.16. The van der Waals surface area contributed by atoms with Crippen LogP contribution in [0.4, 0.5) is 5.69 Å². The van der Waals surface area contributed by atoms with Crippen molar-refractivity contribution in [3.05, 3.63) is 83.7 Å². The summed E-state index contributed by atoms with van der Waals surface area (Å²) in [5.41, 5.74) is 2.10. The summed E-state index contributed by atoms with van der Waals surface area (Å²) in [7, 11) is 0. The SMILES string of the molecule is C=CCn1c(SCC(=O)Nc2ccc(C(=O)O)cc2)nnc1[C@@H](C)NC(=O)c1ccccc1C. The quantitative estimate of drug-likeness (QED) is 0.299. The lowest BCUT2D eigenvalue weighted by molar-refractivity contribution is -0.113. The highest BCUT2D eigenvalue weighted by Gasteiger charge is 2.21. The maximum absolute atomic E-state index is 12.7. The third kappa shape index (κ3) is 6.10. The fraction of sp³-hybridized carbons (Fsp3) is 0.208. The van der Waals surface area contributed by atoms with E-state index < -0.39 is 12.0 Å². The molecule has 0 aliphatic carbocycles. The molecule has 0 spiro atoms. The largest absolute Gasteiger partial charge is 0.478 e. The maximum atomic E-state index is 12.7. The Morgan fingerprint density at radius 3 is 2.50 bits per heavy atom. The van der Waals surface area contributed by atoms with E-state index >= 15 is 0 Å². The molecule has 2 aromatic carbocycles. The van der Waals surface area contributed by atoms with Crippen molar-refractivity contribution in [1.82, 2.24) is 20.1 Å². The van der Waals surface area contributed by atoms with E-state index in [1.54, 1.807) is 16.7 Å². The van der Waals surface area contributed by atoms with Crippen molar-refractivity contribution < 1.29 is 19.5 Å². The number of hydrogen-bond donors (Lipinski definition) is 3. The van der Waals surface area contributed by atoms with E-state index in [-0.39, 0.29) is 23.1 Å². The molecule has 9 nitrogen and oxygen atoms in total. The normalized spacial score (nSPS) is 11.5. The number of allylic oxidation sites excluding steroid dienone is 1. The summed E-state index contributed by atoms with van der Waals surface area (Å²) in [6, 6.07) is 12.8. The summed E-state index contributed by atoms with van der Waals surface area (Å²) < 4.78 is 1.80. The minimum Gasteiger partial charge on any atom is -0.478 e. The summed E-state index contributed by atoms with van der Waals surface area (Å²) in [5.74, 6) is -0.894. The Bertz CT molecular complexity index is 1210. The second kappa shape index (κ2) is 11.3. The van der Waals surface area contributed by atoms with Gasteiger partial charge in [0.2, 0.25) is 5.91 Å². The third-order valence-electron chi connectivity index (χ3n) is 4.93. The van der Waals surface area contributed by atoms with Gasteiger partial charge < -0.3 is 20.3 Å². The molecule has 0 bridgehead atoms. The highest BCUT2D eigenvalue weighted by molar-refractivity contribution is 7.99. The third-order valence-corrected chi connectivity index (χ3v) is 5.90. The average molecular weight is 480 g/mol. The second-order valence-corrected chi connectivity index (χ2v) is 8.41. The summed E-state index contributed by atoms with van der Waals surface area (Å²) in [5, 5.41) is 23.6. The van der Waals surface area contributed by atoms with Gasteiger partial charge in [-0.15, -0.1) is 16.8 Å². The van der Waals surface area contributed by atoms with Crippen LogP contribution >= 0.6 is 11.8 Å². The molecular formula is C24H25N5O4S. The Balaban J connectivity index is 1.65. The topological polar surface area (TPSA) is 126 Å². The van der Waals surface area contributed by atoms with Gasteiger partial charge in [-0.1, -0.05) is 36.0 Å². The number of carbonyl (C=O) groups excluding carboxylic acids is 2. The van der Waals surface area contributed by atoms with Gasteiger partial charge in [0.05, 0.1) is 17.4 Å². The monoisotopic (exact) mass is 479 g/mol. The maximum Gasteiger partial charge on any atom is 0.335 e. The first-order chi connectivity index (χ1) is 16.3. The van der Waals surface area contributed by atoms with E-state index in [2.05, 4.69) is 27.4 Å². The van der Waals surface area contributed by atoms with Crippen LogP contribution in [0.5, 0.6) is 0 Å². The van der Waals surface area contributed by atoms with Gasteiger partial charge in [-0.25, -0.2) is 4.79 Å². The number of anilines is 1. The van der Waals surface area contributed by atoms with Crippen LogP contribution in [-0.4, -0.2) is 43.4 Å². The molecule has 0 fully saturated rings. The molecule has 3 aromatic rings. The second-order valence-electron chi connectivity index (χ2n) is 7.47. The van der Waals surface area contributed by atoms with Crippen LogP contribution in [-0.2, 0) is 11.3 Å². The fourth-order valence-electron chi connectivity index (χ4n) is 3.22. The predicted octanol–water partition coefficient (Wildman–Crippen LogP) is 3.69. The predicted molar refractivity (Wildman–Crippen MR) is 130 cm³/mol. The molecule has 0 radical (unpaired) electrons. The van der Waals surface area contributed by atoms with Crippen LogP contribution in [0.15, 0.2) is 66.3 Å². The average Bonchev–Trinajstić information content (AvgIpc) is 3.21. The Morgan fingerprint density at radius 1 is 1.15 bits per heavy atom. The molecular weight excluding hydrogens is 454 g/mol. The minimum atomic E-state index is -1.03. The van der Waals surface area contributed by atoms with Crippen LogP contribution in [0, 0.1) is 6.92 Å². The molecule has 1 heterocycles. The van der Waals surface area contributed by atoms with Crippen molar-refractivity contribution in [2.75, 3.05) is 11.1 Å². The first kappa shape index (κ1) is 24.7. The lowest BCUT2D eigenvalue weighted by Crippen LogP contribution is -2.29. The van der Waals surface area contributed by atoms with Gasteiger partial charge in [0.1, 0.15) is 0 Å². The number of amides is 2. The van der Waals surface area contributed by atoms with Crippen LogP contribution in [0.1, 0.15) is 45.1 Å². The zero-order valence-electron chi connectivity index (χ0n) is 18.8. The number of benzene rings is 2. The zero-order valence-corrected chi connectivity index (χ0v) is 19.6. The molecule has 3 N–H and O–H groups in total. The van der Waals surface area contributed by atoms with Crippen LogP contribution in [0.25, 0.3) is 0 Å². The van der Waals surface area contributed by atoms with E-state index in [1.165, 1.54) is 36.0 Å². The number of thioether (sulfide) groups is 1. The molecule has 10 heteroatoms. The molecule has 2 amide bonds. The highest BCUT2D eigenvalue weighted by atomic mass is 32.2. The van der Waals surface area contributed by atoms with E-state index in [9.17, 15) is 14.4 Å². The molecule has 3 rings (SSSR count). The number of carboxylic acids is 1. The number of rotatable bonds is 10. The van der Waals surface area contributed by atoms with Crippen LogP contribution < -0.4 is 10.6 Å². The van der Waals surface area contributed by atoms with Gasteiger partial charge >= 0.3 is 5.97 Å². The van der Waals surface area contributed by atoms with E-state index in [4.69, 9.17) is 5.11 Å². The zero-order chi connectivity index (χ0) is 24.7.